The van der Waals surface area contributed by atoms with Crippen molar-refractivity contribution >= 4 is 0 Å². The van der Waals surface area contributed by atoms with Gasteiger partial charge in [-0.25, -0.2) is 0 Å². The van der Waals surface area contributed by atoms with E-state index < -0.39 is 0 Å². The minimum atomic E-state index is -0.171. The second-order valence-corrected chi connectivity index (χ2v) is 4.88. The Morgan fingerprint density at radius 2 is 1.58 bits per heavy atom. The van der Waals surface area contributed by atoms with Crippen LogP contribution in [-0.2, 0) is 5.41 Å². The Hall–Kier alpha value is -1.46. The minimum Gasteiger partial charge on any atom is -0.493 e. The fourth-order valence-corrected chi connectivity index (χ4v) is 1.94. The first-order chi connectivity index (χ1) is 9.00. The standard InChI is InChI=1S/C14H23NO4/c1-14(2,8-15-9-16)10-6-11(17-3)13(19-5)12(7-10)18-4/h6-7,15-16H,8-9H2,1-5H3. The van der Waals surface area contributed by atoms with Crippen molar-refractivity contribution in [2.75, 3.05) is 34.6 Å². The van der Waals surface area contributed by atoms with E-state index in [2.05, 4.69) is 19.2 Å². The van der Waals surface area contributed by atoms with Crippen molar-refractivity contribution in [1.82, 2.24) is 5.32 Å². The lowest BCUT2D eigenvalue weighted by Gasteiger charge is -2.27. The average Bonchev–Trinajstić information content (AvgIpc) is 2.43. The first kappa shape index (κ1) is 15.6. The molecule has 0 fully saturated rings. The molecule has 19 heavy (non-hydrogen) atoms. The maximum atomic E-state index is 8.88. The van der Waals surface area contributed by atoms with Gasteiger partial charge in [0.05, 0.1) is 28.1 Å². The molecule has 1 aromatic carbocycles. The highest BCUT2D eigenvalue weighted by Gasteiger charge is 2.24. The number of methoxy groups -OCH3 is 3. The van der Waals surface area contributed by atoms with Crippen LogP contribution in [0.2, 0.25) is 0 Å². The molecule has 2 N–H and O–H groups in total. The van der Waals surface area contributed by atoms with Crippen molar-refractivity contribution in [2.24, 2.45) is 0 Å². The van der Waals surface area contributed by atoms with Crippen LogP contribution in [0.15, 0.2) is 12.1 Å². The first-order valence-electron chi connectivity index (χ1n) is 6.12. The molecule has 108 valence electrons. The van der Waals surface area contributed by atoms with Crippen molar-refractivity contribution < 1.29 is 19.3 Å². The van der Waals surface area contributed by atoms with Gasteiger partial charge in [0, 0.05) is 12.0 Å². The van der Waals surface area contributed by atoms with Crippen LogP contribution in [0, 0.1) is 0 Å². The highest BCUT2D eigenvalue weighted by molar-refractivity contribution is 5.55. The molecule has 0 unspecified atom stereocenters. The topological polar surface area (TPSA) is 60.0 Å². The number of ether oxygens (including phenoxy) is 3. The van der Waals surface area contributed by atoms with Gasteiger partial charge in [-0.3, -0.25) is 5.32 Å². The van der Waals surface area contributed by atoms with E-state index in [0.29, 0.717) is 23.8 Å². The highest BCUT2D eigenvalue weighted by Crippen LogP contribution is 2.41. The summed E-state index contributed by atoms with van der Waals surface area (Å²) in [5, 5.41) is 11.8. The molecule has 0 aliphatic heterocycles. The Morgan fingerprint density at radius 3 is 1.95 bits per heavy atom. The molecule has 0 spiro atoms. The van der Waals surface area contributed by atoms with Gasteiger partial charge in [-0.2, -0.15) is 0 Å². The second kappa shape index (κ2) is 6.63. The molecule has 0 aliphatic carbocycles. The molecule has 0 saturated carbocycles. The smallest absolute Gasteiger partial charge is 0.203 e. The lowest BCUT2D eigenvalue weighted by atomic mass is 9.84. The summed E-state index contributed by atoms with van der Waals surface area (Å²) in [5.74, 6) is 1.85. The van der Waals surface area contributed by atoms with E-state index in [1.54, 1.807) is 21.3 Å². The van der Waals surface area contributed by atoms with E-state index >= 15 is 0 Å². The Morgan fingerprint density at radius 1 is 1.05 bits per heavy atom. The fourth-order valence-electron chi connectivity index (χ4n) is 1.94. The molecule has 5 nitrogen and oxygen atoms in total. The summed E-state index contributed by atoms with van der Waals surface area (Å²) in [4.78, 5) is 0. The Bertz CT molecular complexity index is 393. The van der Waals surface area contributed by atoms with Gasteiger partial charge >= 0.3 is 0 Å². The van der Waals surface area contributed by atoms with Crippen LogP contribution < -0.4 is 19.5 Å². The third kappa shape index (κ3) is 3.52. The van der Waals surface area contributed by atoms with Crippen LogP contribution in [-0.4, -0.2) is 39.7 Å². The molecule has 0 amide bonds. The van der Waals surface area contributed by atoms with Gasteiger partial charge in [0.1, 0.15) is 0 Å². The quantitative estimate of drug-likeness (QED) is 0.735. The molecule has 0 aromatic heterocycles. The van der Waals surface area contributed by atoms with Gasteiger partial charge in [-0.1, -0.05) is 13.8 Å². The number of hydrogen-bond donors (Lipinski definition) is 2. The third-order valence-corrected chi connectivity index (χ3v) is 3.12. The average molecular weight is 269 g/mol. The van der Waals surface area contributed by atoms with Crippen LogP contribution in [0.4, 0.5) is 0 Å². The van der Waals surface area contributed by atoms with E-state index in [-0.39, 0.29) is 12.1 Å². The van der Waals surface area contributed by atoms with Gasteiger partial charge in [0.25, 0.3) is 0 Å². The zero-order valence-corrected chi connectivity index (χ0v) is 12.2. The number of benzene rings is 1. The SMILES string of the molecule is COc1cc(C(C)(C)CNCO)cc(OC)c1OC. The molecular formula is C14H23NO4. The Kier molecular flexibility index (Phi) is 5.44. The summed E-state index contributed by atoms with van der Waals surface area (Å²) in [7, 11) is 4.78. The maximum absolute atomic E-state index is 8.88. The van der Waals surface area contributed by atoms with Gasteiger partial charge < -0.3 is 19.3 Å². The summed E-state index contributed by atoms with van der Waals surface area (Å²) in [6, 6.07) is 3.86. The zero-order valence-electron chi connectivity index (χ0n) is 12.2. The molecule has 5 heteroatoms. The molecule has 0 saturated heterocycles. The molecule has 0 aliphatic rings. The lowest BCUT2D eigenvalue weighted by molar-refractivity contribution is 0.247. The highest BCUT2D eigenvalue weighted by atomic mass is 16.5. The van der Waals surface area contributed by atoms with Crippen LogP contribution in [0.1, 0.15) is 19.4 Å². The van der Waals surface area contributed by atoms with E-state index in [9.17, 15) is 0 Å². The van der Waals surface area contributed by atoms with Crippen LogP contribution in [0.5, 0.6) is 17.2 Å². The molecule has 1 rings (SSSR count). The maximum Gasteiger partial charge on any atom is 0.203 e. The molecule has 0 heterocycles. The predicted molar refractivity (Wildman–Crippen MR) is 74.2 cm³/mol. The largest absolute Gasteiger partial charge is 0.493 e. The lowest BCUT2D eigenvalue weighted by Crippen LogP contribution is -2.33. The normalized spacial score (nSPS) is 11.3. The van der Waals surface area contributed by atoms with Crippen molar-refractivity contribution in [3.05, 3.63) is 17.7 Å². The summed E-state index contributed by atoms with van der Waals surface area (Å²) in [6.07, 6.45) is 0. The van der Waals surface area contributed by atoms with Crippen LogP contribution >= 0.6 is 0 Å². The number of aliphatic hydroxyl groups is 1. The fraction of sp³-hybridized carbons (Fsp3) is 0.571. The molecule has 0 atom stereocenters. The molecular weight excluding hydrogens is 246 g/mol. The van der Waals surface area contributed by atoms with E-state index in [0.717, 1.165) is 5.56 Å². The summed E-state index contributed by atoms with van der Waals surface area (Å²) >= 11 is 0. The second-order valence-electron chi connectivity index (χ2n) is 4.88. The van der Waals surface area contributed by atoms with Crippen molar-refractivity contribution in [1.29, 1.82) is 0 Å². The van der Waals surface area contributed by atoms with Gasteiger partial charge in [0.15, 0.2) is 11.5 Å². The van der Waals surface area contributed by atoms with Crippen molar-refractivity contribution in [2.45, 2.75) is 19.3 Å². The van der Waals surface area contributed by atoms with E-state index in [1.165, 1.54) is 0 Å². The predicted octanol–water partition coefficient (Wildman–Crippen LogP) is 1.53. The monoisotopic (exact) mass is 269 g/mol. The number of rotatable bonds is 7. The van der Waals surface area contributed by atoms with Crippen LogP contribution in [0.25, 0.3) is 0 Å². The number of aliphatic hydroxyl groups excluding tert-OH is 1. The minimum absolute atomic E-state index is 0.0478. The van der Waals surface area contributed by atoms with Gasteiger partial charge in [-0.05, 0) is 17.7 Å². The Balaban J connectivity index is 3.22. The zero-order chi connectivity index (χ0) is 14.5. The van der Waals surface area contributed by atoms with E-state index in [1.807, 2.05) is 12.1 Å². The van der Waals surface area contributed by atoms with Gasteiger partial charge in [0.2, 0.25) is 5.75 Å². The van der Waals surface area contributed by atoms with Crippen LogP contribution in [0.3, 0.4) is 0 Å². The van der Waals surface area contributed by atoms with Gasteiger partial charge in [-0.15, -0.1) is 0 Å². The Labute approximate surface area is 114 Å². The van der Waals surface area contributed by atoms with E-state index in [4.69, 9.17) is 19.3 Å². The molecule has 0 radical (unpaired) electrons. The number of nitrogens with one attached hydrogen (secondary N) is 1. The number of hydrogen-bond acceptors (Lipinski definition) is 5. The molecule has 1 aromatic rings. The van der Waals surface area contributed by atoms with Crippen molar-refractivity contribution in [3.8, 4) is 17.2 Å². The summed E-state index contributed by atoms with van der Waals surface area (Å²) in [5.41, 5.74) is 0.873. The van der Waals surface area contributed by atoms with Crippen molar-refractivity contribution in [3.63, 3.8) is 0 Å². The third-order valence-electron chi connectivity index (χ3n) is 3.12. The summed E-state index contributed by atoms with van der Waals surface area (Å²) < 4.78 is 16.0. The summed E-state index contributed by atoms with van der Waals surface area (Å²) in [6.45, 7) is 4.75. The first-order valence-corrected chi connectivity index (χ1v) is 6.12. The molecule has 0 bridgehead atoms.